The van der Waals surface area contributed by atoms with Crippen molar-refractivity contribution in [2.75, 3.05) is 7.11 Å². The minimum Gasteiger partial charge on any atom is -0.496 e. The SMILES string of the molecule is COc1cc(C(C)C(=O)NCc2cc(C(C)(C)C)nn2-c2cccc(Cl)c2)ccc1CO. The first-order chi connectivity index (χ1) is 15.1. The zero-order valence-electron chi connectivity index (χ0n) is 19.1. The van der Waals surface area contributed by atoms with Crippen molar-refractivity contribution in [3.63, 3.8) is 0 Å². The zero-order chi connectivity index (χ0) is 23.5. The first-order valence-electron chi connectivity index (χ1n) is 10.5. The molecule has 0 bridgehead atoms. The largest absolute Gasteiger partial charge is 0.496 e. The van der Waals surface area contributed by atoms with Crippen LogP contribution < -0.4 is 10.1 Å². The number of halogens is 1. The van der Waals surface area contributed by atoms with Crippen LogP contribution in [-0.4, -0.2) is 27.9 Å². The Morgan fingerprint density at radius 1 is 1.22 bits per heavy atom. The number of amides is 1. The summed E-state index contributed by atoms with van der Waals surface area (Å²) in [5, 5.41) is 17.9. The molecule has 6 nitrogen and oxygen atoms in total. The second-order valence-electron chi connectivity index (χ2n) is 8.83. The molecule has 1 heterocycles. The maximum Gasteiger partial charge on any atom is 0.227 e. The van der Waals surface area contributed by atoms with E-state index in [-0.39, 0.29) is 23.8 Å². The maximum absolute atomic E-state index is 12.9. The van der Waals surface area contributed by atoms with E-state index in [4.69, 9.17) is 21.4 Å². The van der Waals surface area contributed by atoms with Crippen molar-refractivity contribution < 1.29 is 14.6 Å². The summed E-state index contributed by atoms with van der Waals surface area (Å²) in [6, 6.07) is 14.9. The molecule has 1 aromatic heterocycles. The number of rotatable bonds is 7. The molecule has 7 heteroatoms. The van der Waals surface area contributed by atoms with E-state index in [9.17, 15) is 9.90 Å². The second-order valence-corrected chi connectivity index (χ2v) is 9.27. The van der Waals surface area contributed by atoms with Crippen LogP contribution in [0.4, 0.5) is 0 Å². The van der Waals surface area contributed by atoms with E-state index in [0.29, 0.717) is 22.9 Å². The summed E-state index contributed by atoms with van der Waals surface area (Å²) in [4.78, 5) is 12.9. The molecule has 0 aliphatic rings. The van der Waals surface area contributed by atoms with Crippen molar-refractivity contribution in [2.24, 2.45) is 0 Å². The summed E-state index contributed by atoms with van der Waals surface area (Å²) >= 11 is 6.19. The van der Waals surface area contributed by atoms with E-state index in [0.717, 1.165) is 22.6 Å². The molecule has 0 saturated carbocycles. The standard InChI is InChI=1S/C25H30ClN3O3/c1-16(17-9-10-18(15-30)22(11-17)32-5)24(31)27-14-21-13-23(25(2,3)4)28-29(21)20-8-6-7-19(26)12-20/h6-13,16,30H,14-15H2,1-5H3,(H,27,31). The van der Waals surface area contributed by atoms with Gasteiger partial charge in [0.2, 0.25) is 5.91 Å². The molecule has 0 fully saturated rings. The minimum absolute atomic E-state index is 0.111. The number of carbonyl (C=O) groups excluding carboxylic acids is 1. The van der Waals surface area contributed by atoms with Gasteiger partial charge in [-0.1, -0.05) is 50.6 Å². The third-order valence-corrected chi connectivity index (χ3v) is 5.66. The van der Waals surface area contributed by atoms with Crippen molar-refractivity contribution in [1.82, 2.24) is 15.1 Å². The molecular weight excluding hydrogens is 426 g/mol. The number of benzene rings is 2. The van der Waals surface area contributed by atoms with Crippen LogP contribution in [0.15, 0.2) is 48.5 Å². The molecule has 3 aromatic rings. The highest BCUT2D eigenvalue weighted by Crippen LogP contribution is 2.27. The van der Waals surface area contributed by atoms with Crippen molar-refractivity contribution in [3.8, 4) is 11.4 Å². The molecule has 2 aromatic carbocycles. The number of aliphatic hydroxyl groups is 1. The molecule has 170 valence electrons. The minimum atomic E-state index is -0.388. The third-order valence-electron chi connectivity index (χ3n) is 5.42. The Kier molecular flexibility index (Phi) is 7.26. The Hall–Kier alpha value is -2.83. The van der Waals surface area contributed by atoms with Gasteiger partial charge < -0.3 is 15.2 Å². The lowest BCUT2D eigenvalue weighted by Gasteiger charge is -2.15. The van der Waals surface area contributed by atoms with Crippen molar-refractivity contribution in [1.29, 1.82) is 0 Å². The van der Waals surface area contributed by atoms with Gasteiger partial charge in [0.1, 0.15) is 5.75 Å². The van der Waals surface area contributed by atoms with E-state index < -0.39 is 0 Å². The Bertz CT molecular complexity index is 1100. The lowest BCUT2D eigenvalue weighted by Crippen LogP contribution is -2.28. The summed E-state index contributed by atoms with van der Waals surface area (Å²) in [7, 11) is 1.55. The van der Waals surface area contributed by atoms with Crippen LogP contribution in [-0.2, 0) is 23.4 Å². The van der Waals surface area contributed by atoms with Gasteiger partial charge in [-0.25, -0.2) is 4.68 Å². The van der Waals surface area contributed by atoms with Crippen molar-refractivity contribution >= 4 is 17.5 Å². The van der Waals surface area contributed by atoms with Gasteiger partial charge in [-0.2, -0.15) is 5.10 Å². The van der Waals surface area contributed by atoms with Crippen LogP contribution >= 0.6 is 11.6 Å². The summed E-state index contributed by atoms with van der Waals surface area (Å²) in [5.41, 5.74) is 4.00. The van der Waals surface area contributed by atoms with Crippen LogP contribution in [0.5, 0.6) is 5.75 Å². The highest BCUT2D eigenvalue weighted by atomic mass is 35.5. The van der Waals surface area contributed by atoms with Crippen LogP contribution in [0.3, 0.4) is 0 Å². The van der Waals surface area contributed by atoms with Crippen molar-refractivity contribution in [2.45, 2.75) is 52.2 Å². The number of aliphatic hydroxyl groups excluding tert-OH is 1. The van der Waals surface area contributed by atoms with Crippen molar-refractivity contribution in [3.05, 3.63) is 76.1 Å². The fraction of sp³-hybridized carbons (Fsp3) is 0.360. The van der Waals surface area contributed by atoms with Gasteiger partial charge in [-0.3, -0.25) is 4.79 Å². The molecule has 1 atom stereocenters. The topological polar surface area (TPSA) is 76.4 Å². The number of hydrogen-bond donors (Lipinski definition) is 2. The van der Waals surface area contributed by atoms with E-state index >= 15 is 0 Å². The van der Waals surface area contributed by atoms with E-state index in [1.165, 1.54) is 0 Å². The fourth-order valence-electron chi connectivity index (χ4n) is 3.39. The van der Waals surface area contributed by atoms with Gasteiger partial charge in [0.15, 0.2) is 0 Å². The van der Waals surface area contributed by atoms with Crippen LogP contribution in [0.25, 0.3) is 5.69 Å². The smallest absolute Gasteiger partial charge is 0.227 e. The molecule has 0 radical (unpaired) electrons. The normalized spacial score (nSPS) is 12.5. The molecule has 1 amide bonds. The Balaban J connectivity index is 1.83. The number of ether oxygens (including phenoxy) is 1. The van der Waals surface area contributed by atoms with E-state index in [1.807, 2.05) is 48.0 Å². The maximum atomic E-state index is 12.9. The average molecular weight is 456 g/mol. The molecule has 3 rings (SSSR count). The summed E-state index contributed by atoms with van der Waals surface area (Å²) in [6.07, 6.45) is 0. The summed E-state index contributed by atoms with van der Waals surface area (Å²) in [5.74, 6) is 0.0692. The van der Waals surface area contributed by atoms with Gasteiger partial charge in [0, 0.05) is 16.0 Å². The van der Waals surface area contributed by atoms with Crippen LogP contribution in [0.2, 0.25) is 5.02 Å². The summed E-state index contributed by atoms with van der Waals surface area (Å²) in [6.45, 7) is 8.36. The van der Waals surface area contributed by atoms with Gasteiger partial charge in [-0.05, 0) is 42.8 Å². The third kappa shape index (κ3) is 5.31. The number of hydrogen-bond acceptors (Lipinski definition) is 4. The number of nitrogens with one attached hydrogen (secondary N) is 1. The number of carbonyl (C=O) groups is 1. The Morgan fingerprint density at radius 2 is 1.97 bits per heavy atom. The van der Waals surface area contributed by atoms with Gasteiger partial charge >= 0.3 is 0 Å². The van der Waals surface area contributed by atoms with Crippen LogP contribution in [0, 0.1) is 0 Å². The molecule has 32 heavy (non-hydrogen) atoms. The van der Waals surface area contributed by atoms with Crippen LogP contribution in [0.1, 0.15) is 56.1 Å². The second kappa shape index (κ2) is 9.76. The fourth-order valence-corrected chi connectivity index (χ4v) is 3.57. The molecule has 0 spiro atoms. The molecule has 2 N–H and O–H groups in total. The molecule has 0 saturated heterocycles. The van der Waals surface area contributed by atoms with Gasteiger partial charge in [0.25, 0.3) is 0 Å². The van der Waals surface area contributed by atoms with E-state index in [1.54, 1.807) is 19.2 Å². The van der Waals surface area contributed by atoms with Gasteiger partial charge in [0.05, 0.1) is 43.3 Å². The first kappa shape index (κ1) is 23.8. The number of methoxy groups -OCH3 is 1. The molecule has 0 aliphatic carbocycles. The quantitative estimate of drug-likeness (QED) is 0.539. The van der Waals surface area contributed by atoms with Gasteiger partial charge in [-0.15, -0.1) is 0 Å². The molecular formula is C25H30ClN3O3. The highest BCUT2D eigenvalue weighted by Gasteiger charge is 2.22. The lowest BCUT2D eigenvalue weighted by atomic mass is 9.92. The highest BCUT2D eigenvalue weighted by molar-refractivity contribution is 6.30. The average Bonchev–Trinajstić information content (AvgIpc) is 3.21. The predicted octanol–water partition coefficient (Wildman–Crippen LogP) is 4.74. The number of nitrogens with zero attached hydrogens (tertiary/aromatic N) is 2. The lowest BCUT2D eigenvalue weighted by molar-refractivity contribution is -0.122. The van der Waals surface area contributed by atoms with E-state index in [2.05, 4.69) is 26.1 Å². The molecule has 1 unspecified atom stereocenters. The number of aromatic nitrogens is 2. The Labute approximate surface area is 194 Å². The Morgan fingerprint density at radius 3 is 2.59 bits per heavy atom. The predicted molar refractivity (Wildman–Crippen MR) is 126 cm³/mol. The first-order valence-corrected chi connectivity index (χ1v) is 10.9. The monoisotopic (exact) mass is 455 g/mol. The summed E-state index contributed by atoms with van der Waals surface area (Å²) < 4.78 is 7.16. The molecule has 0 aliphatic heterocycles. The zero-order valence-corrected chi connectivity index (χ0v) is 19.9.